The molecule has 0 radical (unpaired) electrons. The SMILES string of the molecule is Cc1cccc(N2CCN(C(=O)Cc3csc(-c4cccc(CN5CCOCC5)c4)n3)CC2)c1. The Bertz CT molecular complexity index is 1120. The van der Waals surface area contributed by atoms with Crippen LogP contribution in [0.2, 0.25) is 0 Å². The third-order valence-corrected chi connectivity index (χ3v) is 7.51. The fourth-order valence-corrected chi connectivity index (χ4v) is 5.46. The predicted molar refractivity (Wildman–Crippen MR) is 137 cm³/mol. The molecule has 34 heavy (non-hydrogen) atoms. The minimum Gasteiger partial charge on any atom is -0.379 e. The number of carbonyl (C=O) groups excluding carboxylic acids is 1. The van der Waals surface area contributed by atoms with Crippen LogP contribution in [0.3, 0.4) is 0 Å². The fourth-order valence-electron chi connectivity index (χ4n) is 4.65. The second-order valence-corrected chi connectivity index (χ2v) is 9.97. The first-order valence-corrected chi connectivity index (χ1v) is 13.0. The van der Waals surface area contributed by atoms with Crippen LogP contribution in [0.15, 0.2) is 53.9 Å². The zero-order valence-corrected chi connectivity index (χ0v) is 20.6. The van der Waals surface area contributed by atoms with E-state index in [4.69, 9.17) is 9.72 Å². The molecule has 0 N–H and O–H groups in total. The summed E-state index contributed by atoms with van der Waals surface area (Å²) >= 11 is 1.62. The maximum absolute atomic E-state index is 12.9. The van der Waals surface area contributed by atoms with Crippen molar-refractivity contribution in [2.24, 2.45) is 0 Å². The lowest BCUT2D eigenvalue weighted by atomic mass is 10.1. The zero-order chi connectivity index (χ0) is 23.3. The molecule has 0 aliphatic carbocycles. The maximum atomic E-state index is 12.9. The molecule has 2 fully saturated rings. The summed E-state index contributed by atoms with van der Waals surface area (Å²) < 4.78 is 5.46. The number of thiazole rings is 1. The van der Waals surface area contributed by atoms with Crippen molar-refractivity contribution in [3.63, 3.8) is 0 Å². The van der Waals surface area contributed by atoms with Gasteiger partial charge in [0.15, 0.2) is 0 Å². The number of amides is 1. The van der Waals surface area contributed by atoms with Crippen molar-refractivity contribution in [2.75, 3.05) is 57.4 Å². The molecule has 2 aromatic carbocycles. The molecule has 0 saturated carbocycles. The van der Waals surface area contributed by atoms with Crippen LogP contribution in [0.4, 0.5) is 5.69 Å². The summed E-state index contributed by atoms with van der Waals surface area (Å²) in [5, 5.41) is 3.01. The number of piperazine rings is 1. The number of ether oxygens (including phenoxy) is 1. The lowest BCUT2D eigenvalue weighted by molar-refractivity contribution is -0.130. The van der Waals surface area contributed by atoms with Gasteiger partial charge in [0, 0.05) is 62.4 Å². The number of nitrogens with zero attached hydrogens (tertiary/aromatic N) is 4. The number of aromatic nitrogens is 1. The highest BCUT2D eigenvalue weighted by molar-refractivity contribution is 7.13. The quantitative estimate of drug-likeness (QED) is 0.541. The van der Waals surface area contributed by atoms with Gasteiger partial charge < -0.3 is 14.5 Å². The van der Waals surface area contributed by atoms with Crippen LogP contribution in [-0.4, -0.2) is 73.2 Å². The van der Waals surface area contributed by atoms with Crippen LogP contribution in [0.5, 0.6) is 0 Å². The molecule has 3 aromatic rings. The highest BCUT2D eigenvalue weighted by Crippen LogP contribution is 2.26. The third-order valence-electron chi connectivity index (χ3n) is 6.57. The Balaban J connectivity index is 1.16. The molecule has 7 heteroatoms. The molecule has 0 spiro atoms. The van der Waals surface area contributed by atoms with Gasteiger partial charge in [-0.15, -0.1) is 11.3 Å². The van der Waals surface area contributed by atoms with Gasteiger partial charge in [0.1, 0.15) is 5.01 Å². The van der Waals surface area contributed by atoms with E-state index in [-0.39, 0.29) is 5.91 Å². The zero-order valence-electron chi connectivity index (χ0n) is 19.8. The van der Waals surface area contributed by atoms with E-state index >= 15 is 0 Å². The Morgan fingerprint density at radius 3 is 2.59 bits per heavy atom. The highest BCUT2D eigenvalue weighted by atomic mass is 32.1. The number of aryl methyl sites for hydroxylation is 1. The number of morpholine rings is 1. The molecule has 0 bridgehead atoms. The van der Waals surface area contributed by atoms with Gasteiger partial charge in [-0.05, 0) is 36.2 Å². The summed E-state index contributed by atoms with van der Waals surface area (Å²) in [6, 6.07) is 17.2. The molecule has 2 aliphatic heterocycles. The number of rotatable bonds is 6. The number of carbonyl (C=O) groups is 1. The maximum Gasteiger partial charge on any atom is 0.228 e. The van der Waals surface area contributed by atoms with Crippen LogP contribution >= 0.6 is 11.3 Å². The van der Waals surface area contributed by atoms with Crippen molar-refractivity contribution in [1.82, 2.24) is 14.8 Å². The van der Waals surface area contributed by atoms with Crippen LogP contribution in [0.1, 0.15) is 16.8 Å². The Labute approximate surface area is 205 Å². The first-order valence-electron chi connectivity index (χ1n) is 12.1. The largest absolute Gasteiger partial charge is 0.379 e. The van der Waals surface area contributed by atoms with E-state index in [2.05, 4.69) is 65.3 Å². The van der Waals surface area contributed by atoms with Gasteiger partial charge in [-0.2, -0.15) is 0 Å². The minimum atomic E-state index is 0.168. The molecule has 2 saturated heterocycles. The van der Waals surface area contributed by atoms with Gasteiger partial charge in [-0.25, -0.2) is 4.98 Å². The Hall–Kier alpha value is -2.74. The van der Waals surface area contributed by atoms with Crippen LogP contribution in [0.25, 0.3) is 10.6 Å². The molecule has 5 rings (SSSR count). The van der Waals surface area contributed by atoms with Crippen LogP contribution in [0, 0.1) is 6.92 Å². The van der Waals surface area contributed by atoms with E-state index in [1.807, 2.05) is 10.3 Å². The predicted octanol–water partition coefficient (Wildman–Crippen LogP) is 3.84. The molecular weight excluding hydrogens is 444 g/mol. The molecular formula is C27H32N4O2S. The van der Waals surface area contributed by atoms with E-state index in [0.29, 0.717) is 6.42 Å². The van der Waals surface area contributed by atoms with Crippen molar-refractivity contribution in [2.45, 2.75) is 19.9 Å². The normalized spacial score (nSPS) is 17.2. The molecule has 6 nitrogen and oxygen atoms in total. The second-order valence-electron chi connectivity index (χ2n) is 9.12. The molecule has 178 valence electrons. The Kier molecular flexibility index (Phi) is 7.23. The first kappa shape index (κ1) is 23.0. The summed E-state index contributed by atoms with van der Waals surface area (Å²) in [6.45, 7) is 9.88. The van der Waals surface area contributed by atoms with E-state index in [0.717, 1.165) is 75.3 Å². The van der Waals surface area contributed by atoms with Gasteiger partial charge in [-0.3, -0.25) is 9.69 Å². The summed E-state index contributed by atoms with van der Waals surface area (Å²) in [5.41, 5.74) is 5.79. The van der Waals surface area contributed by atoms with Crippen molar-refractivity contribution in [3.8, 4) is 10.6 Å². The van der Waals surface area contributed by atoms with Gasteiger partial charge >= 0.3 is 0 Å². The molecule has 0 unspecified atom stereocenters. The van der Waals surface area contributed by atoms with Gasteiger partial charge in [0.05, 0.1) is 25.3 Å². The van der Waals surface area contributed by atoms with E-state index in [1.165, 1.54) is 16.8 Å². The summed E-state index contributed by atoms with van der Waals surface area (Å²) in [7, 11) is 0. The Morgan fingerprint density at radius 2 is 1.79 bits per heavy atom. The van der Waals surface area contributed by atoms with E-state index in [9.17, 15) is 4.79 Å². The molecule has 0 atom stereocenters. The fraction of sp³-hybridized carbons (Fsp3) is 0.407. The van der Waals surface area contributed by atoms with Gasteiger partial charge in [0.2, 0.25) is 5.91 Å². The van der Waals surface area contributed by atoms with E-state index < -0.39 is 0 Å². The van der Waals surface area contributed by atoms with Crippen LogP contribution in [-0.2, 0) is 22.5 Å². The molecule has 1 aromatic heterocycles. The van der Waals surface area contributed by atoms with E-state index in [1.54, 1.807) is 11.3 Å². The smallest absolute Gasteiger partial charge is 0.228 e. The summed E-state index contributed by atoms with van der Waals surface area (Å²) in [4.78, 5) is 24.5. The average molecular weight is 477 g/mol. The minimum absolute atomic E-state index is 0.168. The number of hydrogen-bond acceptors (Lipinski definition) is 6. The second kappa shape index (κ2) is 10.7. The van der Waals surface area contributed by atoms with Crippen LogP contribution < -0.4 is 4.90 Å². The number of hydrogen-bond donors (Lipinski definition) is 0. The summed E-state index contributed by atoms with van der Waals surface area (Å²) in [6.07, 6.45) is 0.369. The van der Waals surface area contributed by atoms with Crippen molar-refractivity contribution < 1.29 is 9.53 Å². The lowest BCUT2D eigenvalue weighted by Crippen LogP contribution is -2.49. The van der Waals surface area contributed by atoms with Gasteiger partial charge in [0.25, 0.3) is 0 Å². The van der Waals surface area contributed by atoms with Crippen molar-refractivity contribution in [3.05, 3.63) is 70.7 Å². The first-order chi connectivity index (χ1) is 16.6. The topological polar surface area (TPSA) is 48.9 Å². The number of anilines is 1. The van der Waals surface area contributed by atoms with Crippen molar-refractivity contribution in [1.29, 1.82) is 0 Å². The number of benzene rings is 2. The van der Waals surface area contributed by atoms with Crippen molar-refractivity contribution >= 4 is 22.9 Å². The summed E-state index contributed by atoms with van der Waals surface area (Å²) in [5.74, 6) is 0.168. The molecule has 3 heterocycles. The average Bonchev–Trinajstić information content (AvgIpc) is 3.33. The molecule has 1 amide bonds. The van der Waals surface area contributed by atoms with Gasteiger partial charge in [-0.1, -0.05) is 30.3 Å². The highest BCUT2D eigenvalue weighted by Gasteiger charge is 2.22. The Morgan fingerprint density at radius 1 is 1.00 bits per heavy atom. The lowest BCUT2D eigenvalue weighted by Gasteiger charge is -2.36. The standard InChI is InChI=1S/C27H32N4O2S/c1-21-4-2-7-25(16-21)30-8-10-31(11-9-30)26(32)18-24-20-34-27(28-24)23-6-3-5-22(17-23)19-29-12-14-33-15-13-29/h2-7,16-17,20H,8-15,18-19H2,1H3. The molecule has 2 aliphatic rings. The third kappa shape index (κ3) is 5.66. The monoisotopic (exact) mass is 476 g/mol.